The number of carbonyl (C=O) groups excluding carboxylic acids is 2. The Morgan fingerprint density at radius 3 is 2.28 bits per heavy atom. The lowest BCUT2D eigenvalue weighted by atomic mass is 10.0. The van der Waals surface area contributed by atoms with Gasteiger partial charge >= 0.3 is 6.18 Å². The molecule has 3 aromatic rings. The van der Waals surface area contributed by atoms with E-state index in [2.05, 4.69) is 10.6 Å². The fraction of sp³-hybridized carbons (Fsp3) is 0.167. The van der Waals surface area contributed by atoms with Crippen molar-refractivity contribution in [2.75, 3.05) is 12.8 Å². The van der Waals surface area contributed by atoms with Crippen LogP contribution >= 0.6 is 11.8 Å². The summed E-state index contributed by atoms with van der Waals surface area (Å²) in [6.45, 7) is -0.357. The molecular weight excluding hydrogens is 437 g/mol. The van der Waals surface area contributed by atoms with Crippen LogP contribution in [0.5, 0.6) is 0 Å². The van der Waals surface area contributed by atoms with Gasteiger partial charge in [-0.2, -0.15) is 13.2 Å². The normalized spacial score (nSPS) is 11.1. The van der Waals surface area contributed by atoms with Gasteiger partial charge in [0.2, 0.25) is 5.91 Å². The standard InChI is InChI=1S/C24H21F3N2O2S/c1-32-21-10-8-17(9-11-21)18-5-3-6-19(13-18)23(31)29-15-22(30)28-14-16-4-2-7-20(12-16)24(25,26)27/h2-13H,14-15H2,1H3,(H,28,30)(H,29,31). The molecule has 0 aromatic heterocycles. The summed E-state index contributed by atoms with van der Waals surface area (Å²) in [5.41, 5.74) is 1.79. The molecule has 0 bridgehead atoms. The molecule has 0 aliphatic heterocycles. The van der Waals surface area contributed by atoms with Crippen LogP contribution in [0.1, 0.15) is 21.5 Å². The van der Waals surface area contributed by atoms with Crippen molar-refractivity contribution in [3.05, 3.63) is 89.5 Å². The fourth-order valence-electron chi connectivity index (χ4n) is 3.01. The minimum Gasteiger partial charge on any atom is -0.350 e. The maximum absolute atomic E-state index is 12.8. The summed E-state index contributed by atoms with van der Waals surface area (Å²) in [4.78, 5) is 25.6. The Morgan fingerprint density at radius 2 is 1.59 bits per heavy atom. The van der Waals surface area contributed by atoms with Crippen LogP contribution in [0.25, 0.3) is 11.1 Å². The molecule has 0 spiro atoms. The number of rotatable bonds is 7. The molecule has 0 fully saturated rings. The summed E-state index contributed by atoms with van der Waals surface area (Å²) in [6.07, 6.45) is -2.45. The van der Waals surface area contributed by atoms with E-state index in [0.29, 0.717) is 11.1 Å². The Hall–Kier alpha value is -3.26. The fourth-order valence-corrected chi connectivity index (χ4v) is 3.42. The Labute approximate surface area is 188 Å². The first-order valence-electron chi connectivity index (χ1n) is 9.72. The van der Waals surface area contributed by atoms with Gasteiger partial charge in [-0.25, -0.2) is 0 Å². The maximum atomic E-state index is 12.8. The second-order valence-electron chi connectivity index (χ2n) is 6.97. The summed E-state index contributed by atoms with van der Waals surface area (Å²) in [6, 6.07) is 19.7. The molecule has 0 saturated carbocycles. The molecule has 0 saturated heterocycles. The van der Waals surface area contributed by atoms with Crippen molar-refractivity contribution in [3.8, 4) is 11.1 Å². The van der Waals surface area contributed by atoms with Crippen LogP contribution in [0.3, 0.4) is 0 Å². The van der Waals surface area contributed by atoms with E-state index in [9.17, 15) is 22.8 Å². The molecule has 3 aromatic carbocycles. The van der Waals surface area contributed by atoms with Gasteiger partial charge in [0.1, 0.15) is 0 Å². The molecular formula is C24H21F3N2O2S. The molecule has 0 unspecified atom stereocenters. The number of thioether (sulfide) groups is 1. The van der Waals surface area contributed by atoms with E-state index in [0.717, 1.165) is 28.2 Å². The largest absolute Gasteiger partial charge is 0.416 e. The lowest BCUT2D eigenvalue weighted by molar-refractivity contribution is -0.137. The number of nitrogens with one attached hydrogen (secondary N) is 2. The third-order valence-electron chi connectivity index (χ3n) is 4.70. The first-order chi connectivity index (χ1) is 15.3. The first kappa shape index (κ1) is 23.4. The quantitative estimate of drug-likeness (QED) is 0.482. The number of carbonyl (C=O) groups is 2. The number of halogens is 3. The minimum absolute atomic E-state index is 0.0693. The highest BCUT2D eigenvalue weighted by Gasteiger charge is 2.30. The molecule has 8 heteroatoms. The van der Waals surface area contributed by atoms with Crippen LogP contribution in [0, 0.1) is 0 Å². The third-order valence-corrected chi connectivity index (χ3v) is 5.45. The van der Waals surface area contributed by atoms with E-state index in [1.54, 1.807) is 30.0 Å². The predicted octanol–water partition coefficient (Wildman–Crippen LogP) is 5.14. The topological polar surface area (TPSA) is 58.2 Å². The maximum Gasteiger partial charge on any atom is 0.416 e. The average molecular weight is 459 g/mol. The predicted molar refractivity (Wildman–Crippen MR) is 119 cm³/mol. The van der Waals surface area contributed by atoms with E-state index in [-0.39, 0.29) is 13.1 Å². The molecule has 3 rings (SSSR count). The molecule has 2 amide bonds. The van der Waals surface area contributed by atoms with Gasteiger partial charge in [-0.05, 0) is 59.3 Å². The zero-order valence-corrected chi connectivity index (χ0v) is 18.0. The Kier molecular flexibility index (Phi) is 7.58. The van der Waals surface area contributed by atoms with Gasteiger partial charge in [0.15, 0.2) is 0 Å². The number of amides is 2. The molecule has 2 N–H and O–H groups in total. The van der Waals surface area contributed by atoms with Crippen molar-refractivity contribution in [3.63, 3.8) is 0 Å². The van der Waals surface area contributed by atoms with Gasteiger partial charge < -0.3 is 10.6 Å². The smallest absolute Gasteiger partial charge is 0.350 e. The summed E-state index contributed by atoms with van der Waals surface area (Å²) in [7, 11) is 0. The van der Waals surface area contributed by atoms with Crippen LogP contribution in [-0.2, 0) is 17.5 Å². The van der Waals surface area contributed by atoms with E-state index in [4.69, 9.17) is 0 Å². The second kappa shape index (κ2) is 10.4. The van der Waals surface area contributed by atoms with Gasteiger partial charge in [-0.3, -0.25) is 9.59 Å². The van der Waals surface area contributed by atoms with Crippen LogP contribution in [0.2, 0.25) is 0 Å². The van der Waals surface area contributed by atoms with Crippen molar-refractivity contribution in [2.24, 2.45) is 0 Å². The number of hydrogen-bond acceptors (Lipinski definition) is 3. The summed E-state index contributed by atoms with van der Waals surface area (Å²) in [5.74, 6) is -0.915. The van der Waals surface area contributed by atoms with Crippen LogP contribution in [-0.4, -0.2) is 24.6 Å². The first-order valence-corrected chi connectivity index (χ1v) is 10.9. The van der Waals surface area contributed by atoms with Crippen LogP contribution in [0.4, 0.5) is 13.2 Å². The number of benzene rings is 3. The summed E-state index contributed by atoms with van der Waals surface area (Å²) in [5, 5.41) is 5.04. The van der Waals surface area contributed by atoms with E-state index in [1.807, 2.05) is 36.6 Å². The molecule has 0 radical (unpaired) electrons. The third kappa shape index (κ3) is 6.37. The van der Waals surface area contributed by atoms with Gasteiger partial charge in [-0.1, -0.05) is 36.4 Å². The number of alkyl halides is 3. The highest BCUT2D eigenvalue weighted by molar-refractivity contribution is 7.98. The number of hydrogen-bond donors (Lipinski definition) is 2. The molecule has 0 heterocycles. The molecule has 166 valence electrons. The van der Waals surface area contributed by atoms with Crippen molar-refractivity contribution in [1.29, 1.82) is 0 Å². The highest BCUT2D eigenvalue weighted by atomic mass is 32.2. The second-order valence-corrected chi connectivity index (χ2v) is 7.85. The molecule has 0 aliphatic rings. The van der Waals surface area contributed by atoms with Gasteiger partial charge in [0.25, 0.3) is 5.91 Å². The summed E-state index contributed by atoms with van der Waals surface area (Å²) >= 11 is 1.64. The van der Waals surface area contributed by atoms with Gasteiger partial charge in [0.05, 0.1) is 12.1 Å². The van der Waals surface area contributed by atoms with Gasteiger partial charge in [0, 0.05) is 17.0 Å². The van der Waals surface area contributed by atoms with Crippen LogP contribution in [0.15, 0.2) is 77.7 Å². The van der Waals surface area contributed by atoms with Gasteiger partial charge in [-0.15, -0.1) is 11.8 Å². The van der Waals surface area contributed by atoms with Crippen molar-refractivity contribution in [1.82, 2.24) is 10.6 Å². The highest BCUT2D eigenvalue weighted by Crippen LogP contribution is 2.29. The van der Waals surface area contributed by atoms with Crippen molar-refractivity contribution in [2.45, 2.75) is 17.6 Å². The van der Waals surface area contributed by atoms with E-state index in [1.165, 1.54) is 12.1 Å². The molecule has 0 aliphatic carbocycles. The van der Waals surface area contributed by atoms with Crippen molar-refractivity contribution < 1.29 is 22.8 Å². The molecule has 32 heavy (non-hydrogen) atoms. The SMILES string of the molecule is CSc1ccc(-c2cccc(C(=O)NCC(=O)NCc3cccc(C(F)(F)F)c3)c2)cc1. The summed E-state index contributed by atoms with van der Waals surface area (Å²) < 4.78 is 38.3. The lowest BCUT2D eigenvalue weighted by Crippen LogP contribution is -2.36. The zero-order valence-electron chi connectivity index (χ0n) is 17.2. The monoisotopic (exact) mass is 458 g/mol. The van der Waals surface area contributed by atoms with E-state index < -0.39 is 23.6 Å². The lowest BCUT2D eigenvalue weighted by Gasteiger charge is -2.10. The Balaban J connectivity index is 1.54. The molecule has 0 atom stereocenters. The van der Waals surface area contributed by atoms with E-state index >= 15 is 0 Å². The van der Waals surface area contributed by atoms with Crippen LogP contribution < -0.4 is 10.6 Å². The average Bonchev–Trinajstić information content (AvgIpc) is 2.81. The minimum atomic E-state index is -4.44. The Morgan fingerprint density at radius 1 is 0.875 bits per heavy atom. The Bertz CT molecular complexity index is 1100. The molecule has 4 nitrogen and oxygen atoms in total. The van der Waals surface area contributed by atoms with Crippen molar-refractivity contribution >= 4 is 23.6 Å². The zero-order chi connectivity index (χ0) is 23.1.